The molecule has 8 heteroatoms. The van der Waals surface area contributed by atoms with Gasteiger partial charge in [-0.25, -0.2) is 14.2 Å². The van der Waals surface area contributed by atoms with Crippen molar-refractivity contribution in [2.45, 2.75) is 60.2 Å². The van der Waals surface area contributed by atoms with Crippen LogP contribution in [0.25, 0.3) is 0 Å². The van der Waals surface area contributed by atoms with E-state index in [9.17, 15) is 18.8 Å². The van der Waals surface area contributed by atoms with Gasteiger partial charge in [-0.15, -0.1) is 0 Å². The van der Waals surface area contributed by atoms with Gasteiger partial charge < -0.3 is 9.64 Å². The minimum absolute atomic E-state index is 0.173. The third-order valence-corrected chi connectivity index (χ3v) is 5.44. The fourth-order valence-electron chi connectivity index (χ4n) is 3.64. The average Bonchev–Trinajstić information content (AvgIpc) is 2.83. The quantitative estimate of drug-likeness (QED) is 0.681. The number of fused-ring (bicyclic) bond motifs is 1. The molecule has 0 aromatic heterocycles. The molecule has 0 saturated heterocycles. The number of benzodiazepines with no additional fused rings is 1. The zero-order valence-electron chi connectivity index (χ0n) is 21.2. The highest BCUT2D eigenvalue weighted by Gasteiger charge is 2.37. The number of carbonyl (C=O) groups excluding carboxylic acids is 3. The Balaban J connectivity index is 2.22. The summed E-state index contributed by atoms with van der Waals surface area (Å²) >= 11 is 0. The van der Waals surface area contributed by atoms with Crippen molar-refractivity contribution >= 4 is 29.2 Å². The van der Waals surface area contributed by atoms with E-state index >= 15 is 0 Å². The Morgan fingerprint density at radius 1 is 1.03 bits per heavy atom. The second kappa shape index (κ2) is 9.60. The number of nitrogens with zero attached hydrogens (tertiary/aromatic N) is 2. The fraction of sp³-hybridized carbons (Fsp3) is 0.407. The summed E-state index contributed by atoms with van der Waals surface area (Å²) in [6.07, 6.45) is -2.28. The van der Waals surface area contributed by atoms with Gasteiger partial charge in [-0.05, 0) is 45.4 Å². The van der Waals surface area contributed by atoms with Crippen LogP contribution < -0.4 is 10.2 Å². The molecule has 0 saturated carbocycles. The molecule has 0 aliphatic carbocycles. The number of benzene rings is 2. The number of aryl methyl sites for hydroxylation is 1. The molecule has 0 spiro atoms. The number of anilines is 1. The Labute approximate surface area is 205 Å². The van der Waals surface area contributed by atoms with Crippen LogP contribution in [0.5, 0.6) is 0 Å². The van der Waals surface area contributed by atoms with Crippen LogP contribution in [0.3, 0.4) is 0 Å². The fourth-order valence-corrected chi connectivity index (χ4v) is 3.64. The van der Waals surface area contributed by atoms with Crippen molar-refractivity contribution in [1.82, 2.24) is 5.32 Å². The number of para-hydroxylation sites is 1. The van der Waals surface area contributed by atoms with Crippen molar-refractivity contribution in [3.63, 3.8) is 0 Å². The monoisotopic (exact) mass is 481 g/mol. The summed E-state index contributed by atoms with van der Waals surface area (Å²) in [6, 6.07) is 11.4. The van der Waals surface area contributed by atoms with Gasteiger partial charge in [0, 0.05) is 16.5 Å². The van der Waals surface area contributed by atoms with Gasteiger partial charge in [0.1, 0.15) is 11.4 Å². The van der Waals surface area contributed by atoms with Gasteiger partial charge in [0.2, 0.25) is 6.17 Å². The number of hydrogen-bond acceptors (Lipinski definition) is 5. The first-order valence-corrected chi connectivity index (χ1v) is 11.5. The number of alkyl carbamates (subject to hydrolysis) is 1. The van der Waals surface area contributed by atoms with Crippen LogP contribution in [-0.2, 0) is 14.3 Å². The standard InChI is InChI=1S/C27H32FN3O4/c1-16-11-10-13-18-21(17-12-8-9-14-19(17)28)29-23(30-25(34)35-27(5,6)7)24(33)31(22(16)18)15-20(32)26(2,3)4/h8-14,23H,15H2,1-7H3,(H,30,34)/t23-/m1/s1. The summed E-state index contributed by atoms with van der Waals surface area (Å²) in [4.78, 5) is 45.3. The van der Waals surface area contributed by atoms with E-state index in [0.29, 0.717) is 16.8 Å². The Bertz CT molecular complexity index is 1190. The molecule has 0 bridgehead atoms. The van der Waals surface area contributed by atoms with Crippen molar-refractivity contribution in [3.8, 4) is 0 Å². The minimum atomic E-state index is -1.43. The second-order valence-corrected chi connectivity index (χ2v) is 10.6. The summed E-state index contributed by atoms with van der Waals surface area (Å²) in [7, 11) is 0. The van der Waals surface area contributed by atoms with E-state index in [1.807, 2.05) is 0 Å². The Kier molecular flexibility index (Phi) is 7.15. The lowest BCUT2D eigenvalue weighted by molar-refractivity contribution is -0.127. The van der Waals surface area contributed by atoms with Crippen LogP contribution in [0.4, 0.5) is 14.9 Å². The topological polar surface area (TPSA) is 88.1 Å². The van der Waals surface area contributed by atoms with Crippen molar-refractivity contribution in [1.29, 1.82) is 0 Å². The molecular weight excluding hydrogens is 449 g/mol. The van der Waals surface area contributed by atoms with Crippen LogP contribution in [0.15, 0.2) is 47.5 Å². The third-order valence-electron chi connectivity index (χ3n) is 5.44. The molecule has 0 fully saturated rings. The number of carbonyl (C=O) groups is 3. The number of amides is 2. The lowest BCUT2D eigenvalue weighted by atomic mass is 9.90. The van der Waals surface area contributed by atoms with Gasteiger partial charge in [0.15, 0.2) is 5.78 Å². The molecule has 3 rings (SSSR count). The predicted octanol–water partition coefficient (Wildman–Crippen LogP) is 4.78. The van der Waals surface area contributed by atoms with E-state index in [2.05, 4.69) is 10.3 Å². The molecule has 35 heavy (non-hydrogen) atoms. The first kappa shape index (κ1) is 26.1. The van der Waals surface area contributed by atoms with Crippen LogP contribution in [0.1, 0.15) is 58.2 Å². The third kappa shape index (κ3) is 5.93. The number of rotatable bonds is 4. The van der Waals surface area contributed by atoms with E-state index < -0.39 is 35.0 Å². The molecule has 1 aliphatic heterocycles. The highest BCUT2D eigenvalue weighted by Crippen LogP contribution is 2.33. The summed E-state index contributed by atoms with van der Waals surface area (Å²) in [6.45, 7) is 12.0. The minimum Gasteiger partial charge on any atom is -0.444 e. The average molecular weight is 482 g/mol. The largest absolute Gasteiger partial charge is 0.444 e. The first-order chi connectivity index (χ1) is 16.2. The molecule has 1 N–H and O–H groups in total. The summed E-state index contributed by atoms with van der Waals surface area (Å²) in [5.41, 5.74) is 0.494. The van der Waals surface area contributed by atoms with E-state index in [1.165, 1.54) is 11.0 Å². The maximum Gasteiger partial charge on any atom is 0.409 e. The molecule has 1 heterocycles. The second-order valence-electron chi connectivity index (χ2n) is 10.6. The summed E-state index contributed by atoms with van der Waals surface area (Å²) < 4.78 is 20.3. The molecule has 2 aromatic carbocycles. The Morgan fingerprint density at radius 2 is 1.66 bits per heavy atom. The number of ether oxygens (including phenoxy) is 1. The molecule has 0 unspecified atom stereocenters. The summed E-state index contributed by atoms with van der Waals surface area (Å²) in [5.74, 6) is -1.32. The normalized spacial score (nSPS) is 16.2. The maximum atomic E-state index is 14.9. The SMILES string of the molecule is Cc1cccc2c1N(CC(=O)C(C)(C)C)C(=O)[C@@H](NC(=O)OC(C)(C)C)N=C2c1ccccc1F. The number of Topliss-reactive ketones (excluding diaryl/α,β-unsaturated/α-hetero) is 1. The van der Waals surface area contributed by atoms with Crippen molar-refractivity contribution in [2.75, 3.05) is 11.4 Å². The van der Waals surface area contributed by atoms with Crippen LogP contribution in [-0.4, -0.2) is 41.8 Å². The molecule has 0 radical (unpaired) electrons. The predicted molar refractivity (Wildman–Crippen MR) is 133 cm³/mol. The van der Waals surface area contributed by atoms with Gasteiger partial charge >= 0.3 is 6.09 Å². The Morgan fingerprint density at radius 3 is 2.26 bits per heavy atom. The van der Waals surface area contributed by atoms with E-state index in [4.69, 9.17) is 4.74 Å². The lowest BCUT2D eigenvalue weighted by Crippen LogP contribution is -2.51. The number of halogens is 1. The van der Waals surface area contributed by atoms with Gasteiger partial charge in [0.05, 0.1) is 17.9 Å². The molecule has 1 aliphatic rings. The van der Waals surface area contributed by atoms with E-state index in [0.717, 1.165) is 0 Å². The highest BCUT2D eigenvalue weighted by atomic mass is 19.1. The molecule has 2 aromatic rings. The first-order valence-electron chi connectivity index (χ1n) is 11.5. The van der Waals surface area contributed by atoms with E-state index in [1.54, 1.807) is 84.9 Å². The molecule has 1 atom stereocenters. The van der Waals surface area contributed by atoms with Gasteiger partial charge in [-0.1, -0.05) is 51.1 Å². The van der Waals surface area contributed by atoms with Crippen molar-refractivity contribution in [3.05, 3.63) is 65.0 Å². The highest BCUT2D eigenvalue weighted by molar-refractivity contribution is 6.21. The molecule has 7 nitrogen and oxygen atoms in total. The zero-order chi connectivity index (χ0) is 26.1. The van der Waals surface area contributed by atoms with Gasteiger partial charge in [0.25, 0.3) is 5.91 Å². The molecule has 2 amide bonds. The molecule has 186 valence electrons. The van der Waals surface area contributed by atoms with Gasteiger partial charge in [-0.3, -0.25) is 14.9 Å². The van der Waals surface area contributed by atoms with Crippen LogP contribution >= 0.6 is 0 Å². The summed E-state index contributed by atoms with van der Waals surface area (Å²) in [5, 5.41) is 2.51. The maximum absolute atomic E-state index is 14.9. The van der Waals surface area contributed by atoms with Crippen LogP contribution in [0.2, 0.25) is 0 Å². The Hall–Kier alpha value is -3.55. The van der Waals surface area contributed by atoms with Crippen molar-refractivity contribution < 1.29 is 23.5 Å². The smallest absolute Gasteiger partial charge is 0.409 e. The number of hydrogen-bond donors (Lipinski definition) is 1. The number of ketones is 1. The number of nitrogens with one attached hydrogen (secondary N) is 1. The van der Waals surface area contributed by atoms with Gasteiger partial charge in [-0.2, -0.15) is 0 Å². The number of aliphatic imine (C=N–C) groups is 1. The lowest BCUT2D eigenvalue weighted by Gasteiger charge is -2.29. The zero-order valence-corrected chi connectivity index (χ0v) is 21.2. The van der Waals surface area contributed by atoms with Crippen molar-refractivity contribution in [2.24, 2.45) is 10.4 Å². The van der Waals surface area contributed by atoms with Crippen LogP contribution in [0, 0.1) is 18.2 Å². The van der Waals surface area contributed by atoms with E-state index in [-0.39, 0.29) is 23.6 Å². The molecular formula is C27H32FN3O4.